The van der Waals surface area contributed by atoms with Crippen LogP contribution in [0.15, 0.2) is 30.9 Å². The lowest BCUT2D eigenvalue weighted by molar-refractivity contribution is 0.0908. The maximum Gasteiger partial charge on any atom is 0.178 e. The predicted octanol–water partition coefficient (Wildman–Crippen LogP) is 0.920. The third-order valence-electron chi connectivity index (χ3n) is 3.35. The molecular weight excluding hydrogens is 228 g/mol. The van der Waals surface area contributed by atoms with Crippen LogP contribution >= 0.6 is 0 Å². The van der Waals surface area contributed by atoms with E-state index in [0.717, 1.165) is 31.0 Å². The van der Waals surface area contributed by atoms with Crippen molar-refractivity contribution in [2.24, 2.45) is 7.05 Å². The van der Waals surface area contributed by atoms with E-state index in [-0.39, 0.29) is 5.78 Å². The molecule has 3 heterocycles. The molecule has 0 amide bonds. The highest BCUT2D eigenvalue weighted by atomic mass is 16.1. The van der Waals surface area contributed by atoms with E-state index in [1.54, 1.807) is 0 Å². The first-order valence-corrected chi connectivity index (χ1v) is 6.10. The molecule has 0 bridgehead atoms. The summed E-state index contributed by atoms with van der Waals surface area (Å²) < 4.78 is 4.04. The third-order valence-corrected chi connectivity index (χ3v) is 3.35. The Morgan fingerprint density at radius 3 is 3.06 bits per heavy atom. The predicted molar refractivity (Wildman–Crippen MR) is 67.2 cm³/mol. The normalized spacial score (nSPS) is 15.6. The van der Waals surface area contributed by atoms with Crippen LogP contribution in [-0.4, -0.2) is 37.9 Å². The quantitative estimate of drug-likeness (QED) is 0.754. The number of imidazole rings is 1. The van der Waals surface area contributed by atoms with Crippen molar-refractivity contribution in [2.45, 2.75) is 13.1 Å². The third kappa shape index (κ3) is 2.09. The average Bonchev–Trinajstić information content (AvgIpc) is 2.96. The van der Waals surface area contributed by atoms with E-state index < -0.39 is 0 Å². The summed E-state index contributed by atoms with van der Waals surface area (Å²) in [5, 5.41) is 0. The molecule has 0 radical (unpaired) electrons. The molecule has 0 unspecified atom stereocenters. The van der Waals surface area contributed by atoms with Crippen LogP contribution in [0.1, 0.15) is 16.2 Å². The largest absolute Gasteiger partial charge is 0.357 e. The SMILES string of the molecule is Cn1ccc(C(=O)CN2CCn3ccnc3C2)c1. The van der Waals surface area contributed by atoms with Crippen molar-refractivity contribution in [1.29, 1.82) is 0 Å². The summed E-state index contributed by atoms with van der Waals surface area (Å²) in [6, 6.07) is 1.87. The summed E-state index contributed by atoms with van der Waals surface area (Å²) in [6.45, 7) is 3.04. The zero-order valence-corrected chi connectivity index (χ0v) is 10.4. The molecule has 0 fully saturated rings. The first-order valence-electron chi connectivity index (χ1n) is 6.10. The molecule has 2 aromatic rings. The first kappa shape index (κ1) is 11.2. The molecule has 5 nitrogen and oxygen atoms in total. The second-order valence-electron chi connectivity index (χ2n) is 4.74. The Balaban J connectivity index is 1.66. The molecule has 0 aromatic carbocycles. The molecule has 3 rings (SSSR count). The molecule has 0 aliphatic carbocycles. The number of aromatic nitrogens is 3. The minimum Gasteiger partial charge on any atom is -0.357 e. The molecule has 0 atom stereocenters. The fourth-order valence-electron chi connectivity index (χ4n) is 2.32. The molecule has 5 heteroatoms. The number of fused-ring (bicyclic) bond motifs is 1. The standard InChI is InChI=1S/C13H16N4O/c1-15-4-2-11(8-15)12(18)9-16-6-7-17-5-3-14-13(17)10-16/h2-5,8H,6-7,9-10H2,1H3. The van der Waals surface area contributed by atoms with Crippen LogP contribution in [0, 0.1) is 0 Å². The smallest absolute Gasteiger partial charge is 0.178 e. The Hall–Kier alpha value is -1.88. The molecule has 0 spiro atoms. The summed E-state index contributed by atoms with van der Waals surface area (Å²) in [5.74, 6) is 1.22. The molecule has 0 N–H and O–H groups in total. The van der Waals surface area contributed by atoms with Crippen LogP contribution in [0.4, 0.5) is 0 Å². The van der Waals surface area contributed by atoms with E-state index in [1.807, 2.05) is 42.5 Å². The van der Waals surface area contributed by atoms with Gasteiger partial charge >= 0.3 is 0 Å². The Morgan fingerprint density at radius 2 is 2.28 bits per heavy atom. The number of rotatable bonds is 3. The summed E-state index contributed by atoms with van der Waals surface area (Å²) >= 11 is 0. The fourth-order valence-corrected chi connectivity index (χ4v) is 2.32. The van der Waals surface area contributed by atoms with Gasteiger partial charge in [0.1, 0.15) is 5.82 Å². The van der Waals surface area contributed by atoms with Gasteiger partial charge in [0, 0.05) is 50.5 Å². The van der Waals surface area contributed by atoms with Crippen LogP contribution in [0.3, 0.4) is 0 Å². The van der Waals surface area contributed by atoms with Gasteiger partial charge in [-0.1, -0.05) is 0 Å². The lowest BCUT2D eigenvalue weighted by Gasteiger charge is -2.26. The average molecular weight is 244 g/mol. The van der Waals surface area contributed by atoms with Crippen LogP contribution in [0.25, 0.3) is 0 Å². The molecular formula is C13H16N4O. The minimum absolute atomic E-state index is 0.176. The Kier molecular flexibility index (Phi) is 2.76. The highest BCUT2D eigenvalue weighted by Gasteiger charge is 2.19. The number of hydrogen-bond donors (Lipinski definition) is 0. The number of hydrogen-bond acceptors (Lipinski definition) is 3. The highest BCUT2D eigenvalue weighted by Crippen LogP contribution is 2.11. The van der Waals surface area contributed by atoms with Crippen LogP contribution in [0.5, 0.6) is 0 Å². The van der Waals surface area contributed by atoms with Gasteiger partial charge in [-0.15, -0.1) is 0 Å². The molecule has 18 heavy (non-hydrogen) atoms. The van der Waals surface area contributed by atoms with Crippen molar-refractivity contribution in [1.82, 2.24) is 19.0 Å². The summed E-state index contributed by atoms with van der Waals surface area (Å²) in [7, 11) is 1.93. The maximum atomic E-state index is 12.1. The first-order chi connectivity index (χ1) is 8.72. The number of carbonyl (C=O) groups excluding carboxylic acids is 1. The highest BCUT2D eigenvalue weighted by molar-refractivity contribution is 5.97. The summed E-state index contributed by atoms with van der Waals surface area (Å²) in [4.78, 5) is 18.5. The van der Waals surface area contributed by atoms with E-state index in [2.05, 4.69) is 14.5 Å². The minimum atomic E-state index is 0.176. The Morgan fingerprint density at radius 1 is 1.39 bits per heavy atom. The van der Waals surface area contributed by atoms with Gasteiger partial charge in [0.25, 0.3) is 0 Å². The summed E-state index contributed by atoms with van der Waals surface area (Å²) in [6.07, 6.45) is 7.58. The topological polar surface area (TPSA) is 43.1 Å². The number of carbonyl (C=O) groups is 1. The van der Waals surface area contributed by atoms with Crippen molar-refractivity contribution in [3.63, 3.8) is 0 Å². The van der Waals surface area contributed by atoms with Crippen LogP contribution in [0.2, 0.25) is 0 Å². The van der Waals surface area contributed by atoms with E-state index >= 15 is 0 Å². The van der Waals surface area contributed by atoms with Gasteiger partial charge in [-0.05, 0) is 6.07 Å². The van der Waals surface area contributed by atoms with Crippen molar-refractivity contribution in [2.75, 3.05) is 13.1 Å². The van der Waals surface area contributed by atoms with Gasteiger partial charge in [0.2, 0.25) is 0 Å². The zero-order chi connectivity index (χ0) is 12.5. The molecule has 0 saturated carbocycles. The maximum absolute atomic E-state index is 12.1. The van der Waals surface area contributed by atoms with Gasteiger partial charge in [-0.3, -0.25) is 9.69 Å². The number of ketones is 1. The van der Waals surface area contributed by atoms with Gasteiger partial charge in [0.15, 0.2) is 5.78 Å². The van der Waals surface area contributed by atoms with Crippen molar-refractivity contribution in [3.8, 4) is 0 Å². The second-order valence-corrected chi connectivity index (χ2v) is 4.74. The summed E-state index contributed by atoms with van der Waals surface area (Å²) in [5.41, 5.74) is 0.784. The van der Waals surface area contributed by atoms with Crippen LogP contribution < -0.4 is 0 Å². The molecule has 94 valence electrons. The lowest BCUT2D eigenvalue weighted by Crippen LogP contribution is -2.37. The molecule has 2 aromatic heterocycles. The van der Waals surface area contributed by atoms with Crippen molar-refractivity contribution < 1.29 is 4.79 Å². The Labute approximate surface area is 106 Å². The monoisotopic (exact) mass is 244 g/mol. The molecule has 1 aliphatic rings. The number of nitrogens with zero attached hydrogens (tertiary/aromatic N) is 4. The molecule has 1 aliphatic heterocycles. The van der Waals surface area contributed by atoms with E-state index in [4.69, 9.17) is 0 Å². The van der Waals surface area contributed by atoms with Crippen molar-refractivity contribution >= 4 is 5.78 Å². The van der Waals surface area contributed by atoms with E-state index in [0.29, 0.717) is 6.54 Å². The van der Waals surface area contributed by atoms with Gasteiger partial charge < -0.3 is 9.13 Å². The van der Waals surface area contributed by atoms with E-state index in [1.165, 1.54) is 0 Å². The number of aryl methyl sites for hydroxylation is 1. The number of Topliss-reactive ketones (excluding diaryl/α,β-unsaturated/α-hetero) is 1. The van der Waals surface area contributed by atoms with Crippen molar-refractivity contribution in [3.05, 3.63) is 42.2 Å². The van der Waals surface area contributed by atoms with Gasteiger partial charge in [-0.2, -0.15) is 0 Å². The van der Waals surface area contributed by atoms with Crippen LogP contribution in [-0.2, 0) is 20.1 Å². The lowest BCUT2D eigenvalue weighted by atomic mass is 10.2. The van der Waals surface area contributed by atoms with Gasteiger partial charge in [-0.25, -0.2) is 4.98 Å². The van der Waals surface area contributed by atoms with Gasteiger partial charge in [0.05, 0.1) is 13.1 Å². The van der Waals surface area contributed by atoms with E-state index in [9.17, 15) is 4.79 Å². The Bertz CT molecular complexity index is 569. The zero-order valence-electron chi connectivity index (χ0n) is 10.4. The molecule has 0 saturated heterocycles. The fraction of sp³-hybridized carbons (Fsp3) is 0.385. The second kappa shape index (κ2) is 4.42.